The average molecular weight is 332 g/mol. The van der Waals surface area contributed by atoms with E-state index in [4.69, 9.17) is 21.1 Å². The van der Waals surface area contributed by atoms with Gasteiger partial charge in [-0.15, -0.1) is 0 Å². The monoisotopic (exact) mass is 331 g/mol. The molecule has 23 heavy (non-hydrogen) atoms. The fourth-order valence-corrected chi connectivity index (χ4v) is 2.29. The van der Waals surface area contributed by atoms with Gasteiger partial charge in [0.25, 0.3) is 0 Å². The van der Waals surface area contributed by atoms with Gasteiger partial charge in [-0.3, -0.25) is 0 Å². The van der Waals surface area contributed by atoms with Gasteiger partial charge in [-0.1, -0.05) is 23.7 Å². The molecule has 4 nitrogen and oxygen atoms in total. The first-order chi connectivity index (χ1) is 11.1. The van der Waals surface area contributed by atoms with Crippen LogP contribution < -0.4 is 4.74 Å². The zero-order valence-electron chi connectivity index (χ0n) is 12.0. The second kappa shape index (κ2) is 6.22. The minimum atomic E-state index is -0.665. The maximum absolute atomic E-state index is 13.8. The van der Waals surface area contributed by atoms with E-state index in [1.54, 1.807) is 24.3 Å². The first-order valence-corrected chi connectivity index (χ1v) is 7.07. The molecular formula is C17H11ClFNO3. The standard InChI is InChI=1S/C17H11ClFNO3/c1-22-11-5-2-4-10(8-11)16-20-15(17(21)23-16)9-12-13(18)6-3-7-14(12)19/h2-9H,1H3/b15-9-. The summed E-state index contributed by atoms with van der Waals surface area (Å²) in [6, 6.07) is 11.2. The lowest BCUT2D eigenvalue weighted by Gasteiger charge is -2.02. The van der Waals surface area contributed by atoms with E-state index >= 15 is 0 Å². The molecule has 1 aliphatic heterocycles. The van der Waals surface area contributed by atoms with Gasteiger partial charge in [-0.25, -0.2) is 14.2 Å². The Morgan fingerprint density at radius 2 is 2.04 bits per heavy atom. The lowest BCUT2D eigenvalue weighted by Crippen LogP contribution is -2.05. The second-order valence-electron chi connectivity index (χ2n) is 4.70. The van der Waals surface area contributed by atoms with Gasteiger partial charge in [0, 0.05) is 11.1 Å². The molecule has 2 aromatic carbocycles. The Balaban J connectivity index is 2.00. The SMILES string of the molecule is COc1cccc(C2=N/C(=C\c3c(F)cccc3Cl)C(=O)O2)c1. The third-order valence-electron chi connectivity index (χ3n) is 3.22. The molecule has 0 spiro atoms. The number of hydrogen-bond acceptors (Lipinski definition) is 4. The van der Waals surface area contributed by atoms with E-state index in [0.29, 0.717) is 11.3 Å². The number of carbonyl (C=O) groups is 1. The van der Waals surface area contributed by atoms with Crippen LogP contribution in [-0.2, 0) is 9.53 Å². The van der Waals surface area contributed by atoms with Crippen molar-refractivity contribution < 1.29 is 18.7 Å². The molecule has 0 radical (unpaired) electrons. The van der Waals surface area contributed by atoms with Gasteiger partial charge in [0.15, 0.2) is 5.70 Å². The predicted octanol–water partition coefficient (Wildman–Crippen LogP) is 3.83. The van der Waals surface area contributed by atoms with Crippen molar-refractivity contribution in [2.45, 2.75) is 0 Å². The summed E-state index contributed by atoms with van der Waals surface area (Å²) in [6.07, 6.45) is 1.27. The quantitative estimate of drug-likeness (QED) is 0.634. The number of rotatable bonds is 3. The zero-order chi connectivity index (χ0) is 16.4. The zero-order valence-corrected chi connectivity index (χ0v) is 12.8. The molecule has 6 heteroatoms. The summed E-state index contributed by atoms with van der Waals surface area (Å²) in [5.74, 6) is -0.464. The lowest BCUT2D eigenvalue weighted by molar-refractivity contribution is -0.129. The maximum atomic E-state index is 13.8. The first-order valence-electron chi connectivity index (χ1n) is 6.69. The molecular weight excluding hydrogens is 321 g/mol. The van der Waals surface area contributed by atoms with Gasteiger partial charge < -0.3 is 9.47 Å². The molecule has 0 bridgehead atoms. The molecule has 0 N–H and O–H groups in total. The highest BCUT2D eigenvalue weighted by molar-refractivity contribution is 6.32. The number of cyclic esters (lactones) is 1. The fraction of sp³-hybridized carbons (Fsp3) is 0.0588. The van der Waals surface area contributed by atoms with Crippen LogP contribution in [0.15, 0.2) is 53.2 Å². The van der Waals surface area contributed by atoms with Crippen LogP contribution in [0, 0.1) is 5.82 Å². The Morgan fingerprint density at radius 3 is 2.78 bits per heavy atom. The fourth-order valence-electron chi connectivity index (χ4n) is 2.07. The minimum absolute atomic E-state index is 0.0187. The number of hydrogen-bond donors (Lipinski definition) is 0. The molecule has 0 atom stereocenters. The molecule has 0 unspecified atom stereocenters. The highest BCUT2D eigenvalue weighted by Gasteiger charge is 2.25. The van der Waals surface area contributed by atoms with Crippen molar-refractivity contribution in [3.8, 4) is 5.75 Å². The maximum Gasteiger partial charge on any atom is 0.363 e. The van der Waals surface area contributed by atoms with Crippen molar-refractivity contribution in [1.29, 1.82) is 0 Å². The summed E-state index contributed by atoms with van der Waals surface area (Å²) in [4.78, 5) is 16.1. The van der Waals surface area contributed by atoms with Crippen molar-refractivity contribution in [3.63, 3.8) is 0 Å². The molecule has 1 heterocycles. The topological polar surface area (TPSA) is 47.9 Å². The number of methoxy groups -OCH3 is 1. The molecule has 0 amide bonds. The summed E-state index contributed by atoms with van der Waals surface area (Å²) in [7, 11) is 1.53. The summed E-state index contributed by atoms with van der Waals surface area (Å²) < 4.78 is 24.1. The van der Waals surface area contributed by atoms with Crippen LogP contribution in [0.25, 0.3) is 6.08 Å². The van der Waals surface area contributed by atoms with Crippen molar-refractivity contribution in [2.75, 3.05) is 7.11 Å². The molecule has 2 aromatic rings. The Hall–Kier alpha value is -2.66. The van der Waals surface area contributed by atoms with E-state index in [0.717, 1.165) is 0 Å². The summed E-state index contributed by atoms with van der Waals surface area (Å²) in [6.45, 7) is 0. The van der Waals surface area contributed by atoms with Gasteiger partial charge in [0.1, 0.15) is 11.6 Å². The normalized spacial score (nSPS) is 15.5. The van der Waals surface area contributed by atoms with Crippen LogP contribution in [0.3, 0.4) is 0 Å². The molecule has 0 saturated carbocycles. The Morgan fingerprint density at radius 1 is 1.26 bits per heavy atom. The van der Waals surface area contributed by atoms with Crippen molar-refractivity contribution in [1.82, 2.24) is 0 Å². The van der Waals surface area contributed by atoms with E-state index < -0.39 is 11.8 Å². The van der Waals surface area contributed by atoms with Gasteiger partial charge in [0.05, 0.1) is 12.1 Å². The molecule has 0 aliphatic carbocycles. The molecule has 0 fully saturated rings. The highest BCUT2D eigenvalue weighted by Crippen LogP contribution is 2.25. The lowest BCUT2D eigenvalue weighted by atomic mass is 10.2. The third-order valence-corrected chi connectivity index (χ3v) is 3.55. The minimum Gasteiger partial charge on any atom is -0.497 e. The van der Waals surface area contributed by atoms with Crippen LogP contribution >= 0.6 is 11.6 Å². The summed E-state index contributed by atoms with van der Waals surface area (Å²) in [5, 5.41) is 0.190. The Labute approximate surface area is 136 Å². The summed E-state index contributed by atoms with van der Waals surface area (Å²) >= 11 is 5.95. The van der Waals surface area contributed by atoms with Gasteiger partial charge in [0.2, 0.25) is 5.90 Å². The number of nitrogens with zero attached hydrogens (tertiary/aromatic N) is 1. The second-order valence-corrected chi connectivity index (χ2v) is 5.11. The smallest absolute Gasteiger partial charge is 0.363 e. The van der Waals surface area contributed by atoms with E-state index in [9.17, 15) is 9.18 Å². The Kier molecular flexibility index (Phi) is 4.12. The van der Waals surface area contributed by atoms with Crippen LogP contribution in [-0.4, -0.2) is 19.0 Å². The van der Waals surface area contributed by atoms with E-state index in [1.807, 2.05) is 0 Å². The van der Waals surface area contributed by atoms with Crippen LogP contribution in [0.4, 0.5) is 4.39 Å². The van der Waals surface area contributed by atoms with Crippen molar-refractivity contribution >= 4 is 29.5 Å². The molecule has 0 saturated heterocycles. The molecule has 1 aliphatic rings. The van der Waals surface area contributed by atoms with Crippen LogP contribution in [0.1, 0.15) is 11.1 Å². The van der Waals surface area contributed by atoms with Crippen LogP contribution in [0.5, 0.6) is 5.75 Å². The number of ether oxygens (including phenoxy) is 2. The van der Waals surface area contributed by atoms with E-state index in [-0.39, 0.29) is 22.2 Å². The molecule has 3 rings (SSSR count). The van der Waals surface area contributed by atoms with E-state index in [2.05, 4.69) is 4.99 Å². The number of halogens is 2. The largest absolute Gasteiger partial charge is 0.497 e. The van der Waals surface area contributed by atoms with Gasteiger partial charge >= 0.3 is 5.97 Å². The van der Waals surface area contributed by atoms with Gasteiger partial charge in [-0.05, 0) is 36.4 Å². The van der Waals surface area contributed by atoms with Crippen molar-refractivity contribution in [2.24, 2.45) is 4.99 Å². The highest BCUT2D eigenvalue weighted by atomic mass is 35.5. The first kappa shape index (κ1) is 15.2. The molecule has 0 aromatic heterocycles. The average Bonchev–Trinajstić information content (AvgIpc) is 2.92. The number of esters is 1. The van der Waals surface area contributed by atoms with E-state index in [1.165, 1.54) is 31.4 Å². The van der Waals surface area contributed by atoms with Crippen LogP contribution in [0.2, 0.25) is 5.02 Å². The summed E-state index contributed by atoms with van der Waals surface area (Å²) in [5.41, 5.74) is 0.660. The predicted molar refractivity (Wildman–Crippen MR) is 85.0 cm³/mol. The molecule has 116 valence electrons. The third kappa shape index (κ3) is 3.10. The van der Waals surface area contributed by atoms with Crippen molar-refractivity contribution in [3.05, 3.63) is 70.1 Å². The number of aliphatic imine (C=N–C) groups is 1. The number of benzene rings is 2. The Bertz CT molecular complexity index is 825. The van der Waals surface area contributed by atoms with Gasteiger partial charge in [-0.2, -0.15) is 0 Å². The number of carbonyl (C=O) groups excluding carboxylic acids is 1.